The molecule has 2 heteroatoms. The molecule has 0 radical (unpaired) electrons. The standard InChI is InChI=1S/C15H17NO/c16-14(17)13-4-2-1-3-12(13)11-5-7-15(8-6-11)9-10-15/h1-5H,6-10H2,(H2,16,17). The summed E-state index contributed by atoms with van der Waals surface area (Å²) in [6, 6.07) is 7.68. The van der Waals surface area contributed by atoms with Gasteiger partial charge in [0.05, 0.1) is 0 Å². The summed E-state index contributed by atoms with van der Waals surface area (Å²) in [6.07, 6.45) is 8.62. The lowest BCUT2D eigenvalue weighted by atomic mass is 9.83. The van der Waals surface area contributed by atoms with Crippen molar-refractivity contribution >= 4 is 11.5 Å². The van der Waals surface area contributed by atoms with Gasteiger partial charge in [0.15, 0.2) is 0 Å². The molecule has 3 rings (SSSR count). The highest BCUT2D eigenvalue weighted by Crippen LogP contribution is 2.56. The Bertz CT molecular complexity index is 497. The van der Waals surface area contributed by atoms with Gasteiger partial charge in [0, 0.05) is 5.56 Å². The van der Waals surface area contributed by atoms with Crippen molar-refractivity contribution in [1.82, 2.24) is 0 Å². The molecule has 17 heavy (non-hydrogen) atoms. The predicted molar refractivity (Wildman–Crippen MR) is 68.5 cm³/mol. The van der Waals surface area contributed by atoms with Crippen LogP contribution in [0.5, 0.6) is 0 Å². The second kappa shape index (κ2) is 3.73. The first-order valence-electron chi connectivity index (χ1n) is 6.28. The first-order valence-corrected chi connectivity index (χ1v) is 6.28. The van der Waals surface area contributed by atoms with Crippen molar-refractivity contribution in [2.24, 2.45) is 11.1 Å². The SMILES string of the molecule is NC(=O)c1ccccc1C1=CCC2(CC1)CC2. The van der Waals surface area contributed by atoms with Crippen LogP contribution in [0.3, 0.4) is 0 Å². The zero-order valence-corrected chi connectivity index (χ0v) is 9.91. The van der Waals surface area contributed by atoms with Crippen molar-refractivity contribution in [3.8, 4) is 0 Å². The molecule has 2 aliphatic carbocycles. The van der Waals surface area contributed by atoms with E-state index in [1.54, 1.807) is 0 Å². The van der Waals surface area contributed by atoms with Crippen LogP contribution in [0.2, 0.25) is 0 Å². The van der Waals surface area contributed by atoms with E-state index in [1.807, 2.05) is 24.3 Å². The molecule has 1 saturated carbocycles. The molecule has 0 bridgehead atoms. The van der Waals surface area contributed by atoms with Crippen LogP contribution >= 0.6 is 0 Å². The summed E-state index contributed by atoms with van der Waals surface area (Å²) in [6.45, 7) is 0. The molecule has 2 N–H and O–H groups in total. The molecule has 88 valence electrons. The number of hydrogen-bond acceptors (Lipinski definition) is 1. The highest BCUT2D eigenvalue weighted by atomic mass is 16.1. The van der Waals surface area contributed by atoms with E-state index in [-0.39, 0.29) is 5.91 Å². The Morgan fingerprint density at radius 2 is 1.94 bits per heavy atom. The number of amides is 1. The van der Waals surface area contributed by atoms with Gasteiger partial charge in [-0.25, -0.2) is 0 Å². The molecule has 0 atom stereocenters. The van der Waals surface area contributed by atoms with Crippen LogP contribution in [-0.2, 0) is 0 Å². The Balaban J connectivity index is 1.94. The highest BCUT2D eigenvalue weighted by molar-refractivity contribution is 5.98. The lowest BCUT2D eigenvalue weighted by molar-refractivity contribution is 0.1000. The fourth-order valence-corrected chi connectivity index (χ4v) is 2.80. The van der Waals surface area contributed by atoms with Gasteiger partial charge in [0.1, 0.15) is 0 Å². The van der Waals surface area contributed by atoms with Crippen LogP contribution in [-0.4, -0.2) is 5.91 Å². The molecule has 2 nitrogen and oxygen atoms in total. The minimum absolute atomic E-state index is 0.326. The fraction of sp³-hybridized carbons (Fsp3) is 0.400. The molecular weight excluding hydrogens is 210 g/mol. The van der Waals surface area contributed by atoms with Gasteiger partial charge in [-0.1, -0.05) is 24.3 Å². The quantitative estimate of drug-likeness (QED) is 0.828. The Morgan fingerprint density at radius 3 is 2.53 bits per heavy atom. The summed E-state index contributed by atoms with van der Waals surface area (Å²) in [7, 11) is 0. The molecule has 0 saturated heterocycles. The minimum Gasteiger partial charge on any atom is -0.366 e. The smallest absolute Gasteiger partial charge is 0.249 e. The van der Waals surface area contributed by atoms with Crippen LogP contribution in [0.25, 0.3) is 5.57 Å². The second-order valence-electron chi connectivity index (χ2n) is 5.34. The third kappa shape index (κ3) is 1.88. The van der Waals surface area contributed by atoms with E-state index in [1.165, 1.54) is 31.3 Å². The van der Waals surface area contributed by atoms with E-state index >= 15 is 0 Å². The van der Waals surface area contributed by atoms with Gasteiger partial charge in [-0.3, -0.25) is 4.79 Å². The summed E-state index contributed by atoms with van der Waals surface area (Å²) in [5.74, 6) is -0.326. The van der Waals surface area contributed by atoms with Crippen LogP contribution in [0.1, 0.15) is 48.0 Å². The average Bonchev–Trinajstić information content (AvgIpc) is 3.10. The maximum atomic E-state index is 11.4. The highest BCUT2D eigenvalue weighted by Gasteiger charge is 2.42. The van der Waals surface area contributed by atoms with Crippen LogP contribution in [0, 0.1) is 5.41 Å². The van der Waals surface area contributed by atoms with Gasteiger partial charge in [0.25, 0.3) is 0 Å². The molecular formula is C15H17NO. The van der Waals surface area contributed by atoms with Crippen molar-refractivity contribution in [1.29, 1.82) is 0 Å². The molecule has 0 unspecified atom stereocenters. The Kier molecular flexibility index (Phi) is 2.32. The summed E-state index contributed by atoms with van der Waals surface area (Å²) in [5, 5.41) is 0. The fourth-order valence-electron chi connectivity index (χ4n) is 2.80. The second-order valence-corrected chi connectivity index (χ2v) is 5.34. The minimum atomic E-state index is -0.326. The molecule has 1 amide bonds. The van der Waals surface area contributed by atoms with Gasteiger partial charge >= 0.3 is 0 Å². The normalized spacial score (nSPS) is 21.1. The number of primary amides is 1. The van der Waals surface area contributed by atoms with Crippen molar-refractivity contribution in [2.75, 3.05) is 0 Å². The molecule has 1 spiro atoms. The number of hydrogen-bond donors (Lipinski definition) is 1. The zero-order valence-electron chi connectivity index (χ0n) is 9.91. The topological polar surface area (TPSA) is 43.1 Å². The van der Waals surface area contributed by atoms with E-state index < -0.39 is 0 Å². The molecule has 1 aromatic rings. The number of carbonyl (C=O) groups is 1. The largest absolute Gasteiger partial charge is 0.366 e. The first-order chi connectivity index (χ1) is 8.20. The monoisotopic (exact) mass is 227 g/mol. The Morgan fingerprint density at radius 1 is 1.18 bits per heavy atom. The molecule has 0 heterocycles. The summed E-state index contributed by atoms with van der Waals surface area (Å²) >= 11 is 0. The lowest BCUT2D eigenvalue weighted by Gasteiger charge is -2.22. The van der Waals surface area contributed by atoms with Crippen LogP contribution < -0.4 is 5.73 Å². The molecule has 0 aliphatic heterocycles. The number of allylic oxidation sites excluding steroid dienone is 2. The first kappa shape index (κ1) is 10.6. The van der Waals surface area contributed by atoms with Crippen LogP contribution in [0.4, 0.5) is 0 Å². The maximum Gasteiger partial charge on any atom is 0.249 e. The van der Waals surface area contributed by atoms with E-state index in [0.29, 0.717) is 11.0 Å². The maximum absolute atomic E-state index is 11.4. The molecule has 1 fully saturated rings. The van der Waals surface area contributed by atoms with Gasteiger partial charge in [0.2, 0.25) is 5.91 Å². The third-order valence-corrected chi connectivity index (χ3v) is 4.20. The van der Waals surface area contributed by atoms with E-state index in [4.69, 9.17) is 5.73 Å². The summed E-state index contributed by atoms with van der Waals surface area (Å²) in [5.41, 5.74) is 9.05. The number of benzene rings is 1. The third-order valence-electron chi connectivity index (χ3n) is 4.20. The van der Waals surface area contributed by atoms with E-state index in [9.17, 15) is 4.79 Å². The zero-order chi connectivity index (χ0) is 11.9. The van der Waals surface area contributed by atoms with Crippen molar-refractivity contribution in [3.05, 3.63) is 41.5 Å². The van der Waals surface area contributed by atoms with Gasteiger partial charge in [-0.05, 0) is 54.7 Å². The van der Waals surface area contributed by atoms with Crippen molar-refractivity contribution in [2.45, 2.75) is 32.1 Å². The van der Waals surface area contributed by atoms with Gasteiger partial charge in [-0.2, -0.15) is 0 Å². The van der Waals surface area contributed by atoms with E-state index in [0.717, 1.165) is 12.0 Å². The molecule has 1 aromatic carbocycles. The van der Waals surface area contributed by atoms with E-state index in [2.05, 4.69) is 6.08 Å². The Labute approximate surface area is 102 Å². The van der Waals surface area contributed by atoms with Crippen LogP contribution in [0.15, 0.2) is 30.3 Å². The lowest BCUT2D eigenvalue weighted by Crippen LogP contribution is -2.14. The summed E-state index contributed by atoms with van der Waals surface area (Å²) in [4.78, 5) is 11.4. The number of carbonyl (C=O) groups excluding carboxylic acids is 1. The Hall–Kier alpha value is -1.57. The summed E-state index contributed by atoms with van der Waals surface area (Å²) < 4.78 is 0. The van der Waals surface area contributed by atoms with Gasteiger partial charge in [-0.15, -0.1) is 0 Å². The average molecular weight is 227 g/mol. The molecule has 2 aliphatic rings. The number of rotatable bonds is 2. The van der Waals surface area contributed by atoms with Gasteiger partial charge < -0.3 is 5.73 Å². The number of nitrogens with two attached hydrogens (primary N) is 1. The molecule has 0 aromatic heterocycles. The predicted octanol–water partition coefficient (Wildman–Crippen LogP) is 3.13. The van der Waals surface area contributed by atoms with Crippen molar-refractivity contribution < 1.29 is 4.79 Å². The van der Waals surface area contributed by atoms with Crippen molar-refractivity contribution in [3.63, 3.8) is 0 Å².